The monoisotopic (exact) mass is 311 g/mol. The van der Waals surface area contributed by atoms with Crippen LogP contribution < -0.4 is 5.32 Å². The lowest BCUT2D eigenvalue weighted by Crippen LogP contribution is -2.32. The molecule has 1 aromatic rings. The molecule has 1 aromatic heterocycles. The lowest BCUT2D eigenvalue weighted by molar-refractivity contribution is -0.155. The van der Waals surface area contributed by atoms with Gasteiger partial charge in [0.15, 0.2) is 0 Å². The number of amides is 1. The maximum atomic E-state index is 11.7. The van der Waals surface area contributed by atoms with Crippen molar-refractivity contribution in [2.45, 2.75) is 65.8 Å². The summed E-state index contributed by atoms with van der Waals surface area (Å²) in [5.41, 5.74) is -0.423. The number of rotatable bonds is 4. The number of carbonyl (C=O) groups is 2. The second-order valence-electron chi connectivity index (χ2n) is 6.98. The summed E-state index contributed by atoms with van der Waals surface area (Å²) >= 11 is 0. The van der Waals surface area contributed by atoms with E-state index in [0.717, 1.165) is 0 Å². The molecule has 7 heteroatoms. The van der Waals surface area contributed by atoms with Crippen molar-refractivity contribution in [3.05, 3.63) is 18.2 Å². The number of ether oxygens (including phenoxy) is 2. The van der Waals surface area contributed by atoms with Crippen molar-refractivity contribution in [3.8, 4) is 0 Å². The fourth-order valence-electron chi connectivity index (χ4n) is 1.58. The lowest BCUT2D eigenvalue weighted by atomic mass is 10.2. The molecule has 22 heavy (non-hydrogen) atoms. The lowest BCUT2D eigenvalue weighted by Gasteiger charge is -2.19. The molecular formula is C15H25N3O4. The summed E-state index contributed by atoms with van der Waals surface area (Å²) in [7, 11) is 0. The van der Waals surface area contributed by atoms with Crippen LogP contribution in [-0.2, 0) is 27.4 Å². The molecule has 0 saturated carbocycles. The van der Waals surface area contributed by atoms with Gasteiger partial charge in [0, 0.05) is 6.20 Å². The zero-order chi connectivity index (χ0) is 17.0. The third-order valence-electron chi connectivity index (χ3n) is 2.23. The predicted octanol–water partition coefficient (Wildman–Crippen LogP) is 2.25. The van der Waals surface area contributed by atoms with Crippen molar-refractivity contribution in [1.82, 2.24) is 14.9 Å². The van der Waals surface area contributed by atoms with Crippen LogP contribution in [0.25, 0.3) is 0 Å². The summed E-state index contributed by atoms with van der Waals surface area (Å²) < 4.78 is 12.0. The van der Waals surface area contributed by atoms with Gasteiger partial charge in [-0.25, -0.2) is 9.78 Å². The van der Waals surface area contributed by atoms with Crippen LogP contribution in [-0.4, -0.2) is 32.8 Å². The van der Waals surface area contributed by atoms with E-state index in [2.05, 4.69) is 10.3 Å². The number of nitrogens with one attached hydrogen (secondary N) is 1. The van der Waals surface area contributed by atoms with Gasteiger partial charge in [0.25, 0.3) is 0 Å². The standard InChI is InChI=1S/C15H25N3O4/c1-14(2,3)21-12(19)9-18-8-11(17-10-18)7-16-13(20)22-15(4,5)6/h8,10H,7,9H2,1-6H3,(H,16,20). The van der Waals surface area contributed by atoms with Crippen molar-refractivity contribution >= 4 is 12.1 Å². The Morgan fingerprint density at radius 3 is 2.27 bits per heavy atom. The minimum Gasteiger partial charge on any atom is -0.459 e. The van der Waals surface area contributed by atoms with Crippen LogP contribution in [0, 0.1) is 0 Å². The molecule has 1 amide bonds. The molecular weight excluding hydrogens is 286 g/mol. The Hall–Kier alpha value is -2.05. The number of hydrogen-bond acceptors (Lipinski definition) is 5. The molecule has 0 fully saturated rings. The van der Waals surface area contributed by atoms with Gasteiger partial charge >= 0.3 is 12.1 Å². The first-order valence-corrected chi connectivity index (χ1v) is 7.14. The highest BCUT2D eigenvalue weighted by Crippen LogP contribution is 2.08. The van der Waals surface area contributed by atoms with E-state index in [1.54, 1.807) is 31.5 Å². The molecule has 1 N–H and O–H groups in total. The number of aromatic nitrogens is 2. The van der Waals surface area contributed by atoms with Crippen molar-refractivity contribution in [2.75, 3.05) is 0 Å². The van der Waals surface area contributed by atoms with E-state index in [-0.39, 0.29) is 19.1 Å². The second kappa shape index (κ2) is 6.81. The van der Waals surface area contributed by atoms with Crippen LogP contribution in [0.15, 0.2) is 12.5 Å². The first kappa shape index (κ1) is 18.0. The molecule has 7 nitrogen and oxygen atoms in total. The first-order valence-electron chi connectivity index (χ1n) is 7.14. The molecule has 124 valence electrons. The molecule has 1 heterocycles. The van der Waals surface area contributed by atoms with Crippen molar-refractivity contribution in [2.24, 2.45) is 0 Å². The average molecular weight is 311 g/mol. The van der Waals surface area contributed by atoms with E-state index < -0.39 is 17.3 Å². The smallest absolute Gasteiger partial charge is 0.407 e. The van der Waals surface area contributed by atoms with Gasteiger partial charge in [-0.1, -0.05) is 0 Å². The van der Waals surface area contributed by atoms with Gasteiger partial charge in [0.1, 0.15) is 17.7 Å². The summed E-state index contributed by atoms with van der Waals surface area (Å²) in [4.78, 5) is 27.3. The molecule has 0 saturated heterocycles. The van der Waals surface area contributed by atoms with Crippen LogP contribution in [0.4, 0.5) is 4.79 Å². The Morgan fingerprint density at radius 1 is 1.14 bits per heavy atom. The summed E-state index contributed by atoms with van der Waals surface area (Å²) in [6, 6.07) is 0. The van der Waals surface area contributed by atoms with E-state index in [1.807, 2.05) is 20.8 Å². The quantitative estimate of drug-likeness (QED) is 0.862. The molecule has 0 atom stereocenters. The molecule has 0 radical (unpaired) electrons. The molecule has 0 aliphatic heterocycles. The zero-order valence-corrected chi connectivity index (χ0v) is 14.1. The Labute approximate surface area is 131 Å². The minimum atomic E-state index is -0.542. The summed E-state index contributed by atoms with van der Waals surface area (Å²) in [5, 5.41) is 2.61. The first-order chi connectivity index (χ1) is 9.94. The van der Waals surface area contributed by atoms with Crippen LogP contribution in [0.3, 0.4) is 0 Å². The summed E-state index contributed by atoms with van der Waals surface area (Å²) in [6.45, 7) is 11.1. The van der Waals surface area contributed by atoms with Crippen LogP contribution in [0.1, 0.15) is 47.2 Å². The number of imidazole rings is 1. The zero-order valence-electron chi connectivity index (χ0n) is 14.1. The Morgan fingerprint density at radius 2 is 1.73 bits per heavy atom. The molecule has 0 aromatic carbocycles. The highest BCUT2D eigenvalue weighted by Gasteiger charge is 2.17. The van der Waals surface area contributed by atoms with Crippen molar-refractivity contribution in [1.29, 1.82) is 0 Å². The molecule has 0 unspecified atom stereocenters. The maximum absolute atomic E-state index is 11.7. The summed E-state index contributed by atoms with van der Waals surface area (Å²) in [6.07, 6.45) is 2.70. The Kier molecular flexibility index (Phi) is 5.57. The van der Waals surface area contributed by atoms with Crippen LogP contribution in [0.5, 0.6) is 0 Å². The van der Waals surface area contributed by atoms with E-state index in [1.165, 1.54) is 6.33 Å². The van der Waals surface area contributed by atoms with Crippen molar-refractivity contribution < 1.29 is 19.1 Å². The van der Waals surface area contributed by atoms with Gasteiger partial charge in [-0.3, -0.25) is 4.79 Å². The highest BCUT2D eigenvalue weighted by molar-refractivity contribution is 5.69. The average Bonchev–Trinajstić information content (AvgIpc) is 2.68. The molecule has 0 bridgehead atoms. The molecule has 0 aliphatic rings. The SMILES string of the molecule is CC(C)(C)OC(=O)Cn1cnc(CNC(=O)OC(C)(C)C)c1. The molecule has 0 spiro atoms. The molecule has 0 aliphatic carbocycles. The topological polar surface area (TPSA) is 82.5 Å². The largest absolute Gasteiger partial charge is 0.459 e. The van der Waals surface area contributed by atoms with E-state index in [0.29, 0.717) is 5.69 Å². The van der Waals surface area contributed by atoms with Gasteiger partial charge in [-0.15, -0.1) is 0 Å². The predicted molar refractivity (Wildman–Crippen MR) is 81.1 cm³/mol. The Balaban J connectivity index is 2.45. The maximum Gasteiger partial charge on any atom is 0.407 e. The van der Waals surface area contributed by atoms with Gasteiger partial charge in [-0.05, 0) is 41.5 Å². The van der Waals surface area contributed by atoms with Gasteiger partial charge in [0.2, 0.25) is 0 Å². The fraction of sp³-hybridized carbons (Fsp3) is 0.667. The van der Waals surface area contributed by atoms with Gasteiger partial charge in [0.05, 0.1) is 18.6 Å². The van der Waals surface area contributed by atoms with Gasteiger partial charge in [-0.2, -0.15) is 0 Å². The number of alkyl carbamates (subject to hydrolysis) is 1. The van der Waals surface area contributed by atoms with Gasteiger partial charge < -0.3 is 19.4 Å². The number of nitrogens with zero attached hydrogens (tertiary/aromatic N) is 2. The third-order valence-corrected chi connectivity index (χ3v) is 2.23. The second-order valence-corrected chi connectivity index (χ2v) is 6.98. The van der Waals surface area contributed by atoms with Crippen LogP contribution in [0.2, 0.25) is 0 Å². The van der Waals surface area contributed by atoms with Crippen molar-refractivity contribution in [3.63, 3.8) is 0 Å². The molecule has 1 rings (SSSR count). The van der Waals surface area contributed by atoms with E-state index in [4.69, 9.17) is 9.47 Å². The summed E-state index contributed by atoms with van der Waals surface area (Å²) in [5.74, 6) is -0.337. The normalized spacial score (nSPS) is 11.9. The number of hydrogen-bond donors (Lipinski definition) is 1. The highest BCUT2D eigenvalue weighted by atomic mass is 16.6. The van der Waals surface area contributed by atoms with E-state index in [9.17, 15) is 9.59 Å². The fourth-order valence-corrected chi connectivity index (χ4v) is 1.58. The third kappa shape index (κ3) is 7.66. The number of esters is 1. The Bertz CT molecular complexity index is 524. The minimum absolute atomic E-state index is 0.0801. The van der Waals surface area contributed by atoms with Crippen LogP contribution >= 0.6 is 0 Å². The van der Waals surface area contributed by atoms with E-state index >= 15 is 0 Å². The number of carbonyl (C=O) groups excluding carboxylic acids is 2.